The van der Waals surface area contributed by atoms with Crippen LogP contribution in [0.15, 0.2) is 18.2 Å². The van der Waals surface area contributed by atoms with E-state index in [2.05, 4.69) is 5.32 Å². The van der Waals surface area contributed by atoms with Crippen molar-refractivity contribution in [3.63, 3.8) is 0 Å². The van der Waals surface area contributed by atoms with E-state index in [0.29, 0.717) is 0 Å². The molecule has 1 N–H and O–H groups in total. The van der Waals surface area contributed by atoms with Gasteiger partial charge in [0.05, 0.1) is 5.92 Å². The maximum Gasteiger partial charge on any atom is 0.309 e. The Hall–Kier alpha value is -1.84. The first-order chi connectivity index (χ1) is 8.97. The van der Waals surface area contributed by atoms with Gasteiger partial charge in [-0.15, -0.1) is 0 Å². The van der Waals surface area contributed by atoms with Gasteiger partial charge in [0.2, 0.25) is 0 Å². The van der Waals surface area contributed by atoms with Crippen LogP contribution in [0.2, 0.25) is 0 Å². The van der Waals surface area contributed by atoms with Crippen LogP contribution in [-0.4, -0.2) is 18.0 Å². The van der Waals surface area contributed by atoms with Gasteiger partial charge in [0.1, 0.15) is 0 Å². The van der Waals surface area contributed by atoms with Crippen molar-refractivity contribution in [1.29, 1.82) is 0 Å². The molecule has 0 aromatic heterocycles. The van der Waals surface area contributed by atoms with Crippen molar-refractivity contribution in [3.05, 3.63) is 29.3 Å². The van der Waals surface area contributed by atoms with Gasteiger partial charge in [0.15, 0.2) is 6.10 Å². The minimum atomic E-state index is -0.756. The molecule has 0 bridgehead atoms. The Morgan fingerprint density at radius 2 is 2.00 bits per heavy atom. The summed E-state index contributed by atoms with van der Waals surface area (Å²) in [4.78, 5) is 23.4. The normalized spacial score (nSPS) is 15.7. The molecular weight excluding hydrogens is 242 g/mol. The van der Waals surface area contributed by atoms with Crippen molar-refractivity contribution in [1.82, 2.24) is 0 Å². The van der Waals surface area contributed by atoms with Crippen molar-refractivity contribution in [3.8, 4) is 0 Å². The monoisotopic (exact) mass is 261 g/mol. The molecule has 1 aromatic carbocycles. The summed E-state index contributed by atoms with van der Waals surface area (Å²) < 4.78 is 5.12. The highest BCUT2D eigenvalue weighted by Crippen LogP contribution is 2.30. The molecule has 0 radical (unpaired) electrons. The molecule has 102 valence electrons. The number of hydrogen-bond donors (Lipinski definition) is 1. The number of nitrogens with one attached hydrogen (secondary N) is 1. The summed E-state index contributed by atoms with van der Waals surface area (Å²) in [5, 5.41) is 2.79. The minimum absolute atomic E-state index is 0.0105. The second-order valence-electron chi connectivity index (χ2n) is 5.16. The molecule has 0 saturated heterocycles. The first kappa shape index (κ1) is 13.6. The fourth-order valence-corrected chi connectivity index (χ4v) is 1.83. The van der Waals surface area contributed by atoms with E-state index >= 15 is 0 Å². The number of hydrogen-bond acceptors (Lipinski definition) is 3. The Morgan fingerprint density at radius 3 is 2.58 bits per heavy atom. The molecule has 1 saturated carbocycles. The lowest BCUT2D eigenvalue weighted by Gasteiger charge is -2.14. The average Bonchev–Trinajstić information content (AvgIpc) is 3.16. The largest absolute Gasteiger partial charge is 0.452 e. The second-order valence-corrected chi connectivity index (χ2v) is 5.16. The Balaban J connectivity index is 1.93. The quantitative estimate of drug-likeness (QED) is 0.847. The summed E-state index contributed by atoms with van der Waals surface area (Å²) in [6.07, 6.45) is 1.00. The van der Waals surface area contributed by atoms with E-state index in [1.807, 2.05) is 32.0 Å². The standard InChI is InChI=1S/C15H19NO3/c1-9-4-7-13(10(2)8-9)16-14(17)11(3)19-15(18)12-5-6-12/h4,7-8,11-12H,5-6H2,1-3H3,(H,16,17). The summed E-state index contributed by atoms with van der Waals surface area (Å²) in [6.45, 7) is 5.53. The van der Waals surface area contributed by atoms with Crippen molar-refractivity contribution in [2.24, 2.45) is 5.92 Å². The van der Waals surface area contributed by atoms with Crippen LogP contribution in [0.3, 0.4) is 0 Å². The molecule has 19 heavy (non-hydrogen) atoms. The Kier molecular flexibility index (Phi) is 3.88. The minimum Gasteiger partial charge on any atom is -0.452 e. The first-order valence-electron chi connectivity index (χ1n) is 6.56. The molecule has 1 atom stereocenters. The third-order valence-electron chi connectivity index (χ3n) is 3.21. The van der Waals surface area contributed by atoms with Crippen molar-refractivity contribution in [2.45, 2.75) is 39.7 Å². The van der Waals surface area contributed by atoms with Gasteiger partial charge < -0.3 is 10.1 Å². The van der Waals surface area contributed by atoms with Gasteiger partial charge in [-0.2, -0.15) is 0 Å². The van der Waals surface area contributed by atoms with Crippen LogP contribution in [0.25, 0.3) is 0 Å². The molecule has 1 amide bonds. The number of anilines is 1. The molecule has 1 aromatic rings. The number of ether oxygens (including phenoxy) is 1. The predicted molar refractivity (Wildman–Crippen MR) is 72.8 cm³/mol. The molecule has 1 aliphatic carbocycles. The molecule has 0 heterocycles. The highest BCUT2D eigenvalue weighted by molar-refractivity contribution is 5.95. The summed E-state index contributed by atoms with van der Waals surface area (Å²) in [5.74, 6) is -0.541. The van der Waals surface area contributed by atoms with Crippen LogP contribution in [-0.2, 0) is 14.3 Å². The lowest BCUT2D eigenvalue weighted by molar-refractivity contribution is -0.154. The lowest BCUT2D eigenvalue weighted by atomic mass is 10.1. The zero-order chi connectivity index (χ0) is 14.0. The molecule has 1 aliphatic rings. The van der Waals surface area contributed by atoms with Crippen LogP contribution in [0.1, 0.15) is 30.9 Å². The van der Waals surface area contributed by atoms with Crippen LogP contribution in [0, 0.1) is 19.8 Å². The molecule has 0 spiro atoms. The predicted octanol–water partition coefficient (Wildman–Crippen LogP) is 2.58. The van der Waals surface area contributed by atoms with Gasteiger partial charge >= 0.3 is 5.97 Å². The van der Waals surface area contributed by atoms with Gasteiger partial charge in [-0.25, -0.2) is 0 Å². The van der Waals surface area contributed by atoms with E-state index in [9.17, 15) is 9.59 Å². The number of aryl methyl sites for hydroxylation is 2. The van der Waals surface area contributed by atoms with Crippen LogP contribution in [0.5, 0.6) is 0 Å². The summed E-state index contributed by atoms with van der Waals surface area (Å²) >= 11 is 0. The van der Waals surface area contributed by atoms with E-state index in [4.69, 9.17) is 4.74 Å². The first-order valence-corrected chi connectivity index (χ1v) is 6.56. The molecule has 1 fully saturated rings. The van der Waals surface area contributed by atoms with E-state index < -0.39 is 6.10 Å². The Morgan fingerprint density at radius 1 is 1.32 bits per heavy atom. The molecule has 1 unspecified atom stereocenters. The van der Waals surface area contributed by atoms with Gasteiger partial charge in [-0.3, -0.25) is 9.59 Å². The smallest absolute Gasteiger partial charge is 0.309 e. The molecule has 4 nitrogen and oxygen atoms in total. The number of rotatable bonds is 4. The van der Waals surface area contributed by atoms with Gasteiger partial charge in [0, 0.05) is 5.69 Å². The van der Waals surface area contributed by atoms with E-state index in [1.54, 1.807) is 6.92 Å². The third-order valence-corrected chi connectivity index (χ3v) is 3.21. The Labute approximate surface area is 113 Å². The van der Waals surface area contributed by atoms with E-state index in [-0.39, 0.29) is 17.8 Å². The second kappa shape index (κ2) is 5.43. The topological polar surface area (TPSA) is 55.4 Å². The van der Waals surface area contributed by atoms with Crippen molar-refractivity contribution >= 4 is 17.6 Å². The summed E-state index contributed by atoms with van der Waals surface area (Å²) in [6, 6.07) is 5.79. The maximum atomic E-state index is 11.9. The van der Waals surface area contributed by atoms with Crippen LogP contribution >= 0.6 is 0 Å². The highest BCUT2D eigenvalue weighted by atomic mass is 16.5. The van der Waals surface area contributed by atoms with Gasteiger partial charge in [-0.05, 0) is 45.2 Å². The molecule has 0 aliphatic heterocycles. The fourth-order valence-electron chi connectivity index (χ4n) is 1.83. The number of esters is 1. The zero-order valence-corrected chi connectivity index (χ0v) is 11.5. The van der Waals surface area contributed by atoms with Crippen LogP contribution in [0.4, 0.5) is 5.69 Å². The van der Waals surface area contributed by atoms with E-state index in [1.165, 1.54) is 0 Å². The number of benzene rings is 1. The SMILES string of the molecule is Cc1ccc(NC(=O)C(C)OC(=O)C2CC2)c(C)c1. The maximum absolute atomic E-state index is 11.9. The van der Waals surface area contributed by atoms with E-state index in [0.717, 1.165) is 29.7 Å². The molecule has 4 heteroatoms. The lowest BCUT2D eigenvalue weighted by Crippen LogP contribution is -2.30. The van der Waals surface area contributed by atoms with Crippen LogP contribution < -0.4 is 5.32 Å². The summed E-state index contributed by atoms with van der Waals surface area (Å²) in [7, 11) is 0. The third kappa shape index (κ3) is 3.56. The van der Waals surface area contributed by atoms with Crippen molar-refractivity contribution in [2.75, 3.05) is 5.32 Å². The summed E-state index contributed by atoms with van der Waals surface area (Å²) in [5.41, 5.74) is 2.89. The molecular formula is C15H19NO3. The average molecular weight is 261 g/mol. The zero-order valence-electron chi connectivity index (χ0n) is 11.5. The Bertz CT molecular complexity index is 506. The van der Waals surface area contributed by atoms with Gasteiger partial charge in [-0.1, -0.05) is 17.7 Å². The fraction of sp³-hybridized carbons (Fsp3) is 0.467. The number of carbonyl (C=O) groups excluding carboxylic acids is 2. The van der Waals surface area contributed by atoms with Crippen molar-refractivity contribution < 1.29 is 14.3 Å². The van der Waals surface area contributed by atoms with Gasteiger partial charge in [0.25, 0.3) is 5.91 Å². The molecule has 2 rings (SSSR count). The number of carbonyl (C=O) groups is 2. The highest BCUT2D eigenvalue weighted by Gasteiger charge is 2.33. The number of amides is 1.